The SMILES string of the molecule is COc1cccc(CNC(=O)c2noc(C)c2Cn2nc(C)cc2C)c1OC. The van der Waals surface area contributed by atoms with E-state index in [2.05, 4.69) is 15.6 Å². The van der Waals surface area contributed by atoms with Crippen LogP contribution in [0.2, 0.25) is 0 Å². The lowest BCUT2D eigenvalue weighted by molar-refractivity contribution is 0.0940. The van der Waals surface area contributed by atoms with E-state index in [1.807, 2.05) is 36.7 Å². The van der Waals surface area contributed by atoms with Crippen molar-refractivity contribution in [1.29, 1.82) is 0 Å². The van der Waals surface area contributed by atoms with Crippen molar-refractivity contribution in [3.05, 3.63) is 58.2 Å². The zero-order chi connectivity index (χ0) is 20.3. The highest BCUT2D eigenvalue weighted by molar-refractivity contribution is 5.93. The summed E-state index contributed by atoms with van der Waals surface area (Å²) in [5, 5.41) is 11.3. The van der Waals surface area contributed by atoms with Gasteiger partial charge in [0.05, 0.1) is 26.5 Å². The Morgan fingerprint density at radius 3 is 2.64 bits per heavy atom. The Labute approximate surface area is 163 Å². The molecule has 0 saturated heterocycles. The molecule has 0 spiro atoms. The van der Waals surface area contributed by atoms with Crippen LogP contribution in [0.4, 0.5) is 0 Å². The van der Waals surface area contributed by atoms with Crippen LogP contribution >= 0.6 is 0 Å². The lowest BCUT2D eigenvalue weighted by atomic mass is 10.1. The fraction of sp³-hybridized carbons (Fsp3) is 0.350. The van der Waals surface area contributed by atoms with Crippen molar-refractivity contribution in [3.8, 4) is 11.5 Å². The van der Waals surface area contributed by atoms with E-state index in [1.165, 1.54) is 0 Å². The van der Waals surface area contributed by atoms with Gasteiger partial charge in [-0.3, -0.25) is 9.48 Å². The lowest BCUT2D eigenvalue weighted by Crippen LogP contribution is -2.25. The number of benzene rings is 1. The van der Waals surface area contributed by atoms with E-state index in [1.54, 1.807) is 27.2 Å². The Morgan fingerprint density at radius 2 is 2.00 bits per heavy atom. The summed E-state index contributed by atoms with van der Waals surface area (Å²) in [6, 6.07) is 7.50. The van der Waals surface area contributed by atoms with Crippen LogP contribution in [-0.4, -0.2) is 35.1 Å². The zero-order valence-corrected chi connectivity index (χ0v) is 16.7. The van der Waals surface area contributed by atoms with Crippen LogP contribution in [0.3, 0.4) is 0 Å². The highest BCUT2D eigenvalue weighted by atomic mass is 16.5. The van der Waals surface area contributed by atoms with E-state index in [0.29, 0.717) is 29.4 Å². The van der Waals surface area contributed by atoms with Crippen LogP contribution in [0, 0.1) is 20.8 Å². The van der Waals surface area contributed by atoms with Gasteiger partial charge in [-0.25, -0.2) is 0 Å². The lowest BCUT2D eigenvalue weighted by Gasteiger charge is -2.13. The Morgan fingerprint density at radius 1 is 1.21 bits per heavy atom. The van der Waals surface area contributed by atoms with E-state index in [0.717, 1.165) is 17.0 Å². The van der Waals surface area contributed by atoms with E-state index in [-0.39, 0.29) is 18.1 Å². The molecule has 0 atom stereocenters. The van der Waals surface area contributed by atoms with Gasteiger partial charge in [0.15, 0.2) is 17.2 Å². The van der Waals surface area contributed by atoms with Crippen molar-refractivity contribution in [2.45, 2.75) is 33.9 Å². The molecular formula is C20H24N4O4. The smallest absolute Gasteiger partial charge is 0.274 e. The Balaban J connectivity index is 1.78. The average Bonchev–Trinajstić information content (AvgIpc) is 3.20. The fourth-order valence-corrected chi connectivity index (χ4v) is 3.09. The number of aromatic nitrogens is 3. The monoisotopic (exact) mass is 384 g/mol. The molecule has 1 aromatic carbocycles. The van der Waals surface area contributed by atoms with Gasteiger partial charge in [0, 0.05) is 23.4 Å². The molecule has 28 heavy (non-hydrogen) atoms. The molecule has 0 bridgehead atoms. The number of carbonyl (C=O) groups excluding carboxylic acids is 1. The molecule has 148 valence electrons. The van der Waals surface area contributed by atoms with Gasteiger partial charge in [0.1, 0.15) is 5.76 Å². The van der Waals surface area contributed by atoms with Crippen molar-refractivity contribution in [1.82, 2.24) is 20.3 Å². The number of hydrogen-bond acceptors (Lipinski definition) is 6. The number of carbonyl (C=O) groups is 1. The van der Waals surface area contributed by atoms with E-state index in [9.17, 15) is 4.79 Å². The number of nitrogens with zero attached hydrogens (tertiary/aromatic N) is 3. The topological polar surface area (TPSA) is 91.4 Å². The number of hydrogen-bond donors (Lipinski definition) is 1. The second kappa shape index (κ2) is 8.16. The molecule has 0 aliphatic heterocycles. The van der Waals surface area contributed by atoms with Crippen LogP contribution in [0.15, 0.2) is 28.8 Å². The predicted octanol–water partition coefficient (Wildman–Crippen LogP) is 2.79. The summed E-state index contributed by atoms with van der Waals surface area (Å²) in [7, 11) is 3.14. The van der Waals surface area contributed by atoms with Crippen molar-refractivity contribution < 1.29 is 18.8 Å². The average molecular weight is 384 g/mol. The summed E-state index contributed by atoms with van der Waals surface area (Å²) >= 11 is 0. The molecule has 0 unspecified atom stereocenters. The van der Waals surface area contributed by atoms with Gasteiger partial charge in [-0.2, -0.15) is 5.10 Å². The Bertz CT molecular complexity index is 990. The molecule has 0 saturated carbocycles. The number of ether oxygens (including phenoxy) is 2. The van der Waals surface area contributed by atoms with Gasteiger partial charge in [-0.1, -0.05) is 17.3 Å². The number of nitrogens with one attached hydrogen (secondary N) is 1. The summed E-state index contributed by atoms with van der Waals surface area (Å²) in [4.78, 5) is 12.8. The molecule has 1 amide bonds. The largest absolute Gasteiger partial charge is 0.493 e. The Hall–Kier alpha value is -3.29. The third-order valence-electron chi connectivity index (χ3n) is 4.53. The van der Waals surface area contributed by atoms with E-state index in [4.69, 9.17) is 14.0 Å². The fourth-order valence-electron chi connectivity index (χ4n) is 3.09. The molecule has 1 N–H and O–H groups in total. The van der Waals surface area contributed by atoms with Gasteiger partial charge in [-0.15, -0.1) is 0 Å². The first-order valence-corrected chi connectivity index (χ1v) is 8.88. The quantitative estimate of drug-likeness (QED) is 0.673. The first-order chi connectivity index (χ1) is 13.4. The number of para-hydroxylation sites is 1. The summed E-state index contributed by atoms with van der Waals surface area (Å²) in [5.41, 5.74) is 3.69. The van der Waals surface area contributed by atoms with Gasteiger partial charge in [0.2, 0.25) is 0 Å². The van der Waals surface area contributed by atoms with Crippen molar-refractivity contribution in [2.75, 3.05) is 14.2 Å². The maximum atomic E-state index is 12.8. The van der Waals surface area contributed by atoms with Gasteiger partial charge >= 0.3 is 0 Å². The molecule has 0 aliphatic rings. The highest BCUT2D eigenvalue weighted by Gasteiger charge is 2.21. The summed E-state index contributed by atoms with van der Waals surface area (Å²) in [6.07, 6.45) is 0. The van der Waals surface area contributed by atoms with Crippen LogP contribution in [0.5, 0.6) is 11.5 Å². The van der Waals surface area contributed by atoms with Gasteiger partial charge < -0.3 is 19.3 Å². The third-order valence-corrected chi connectivity index (χ3v) is 4.53. The van der Waals surface area contributed by atoms with Crippen LogP contribution in [0.1, 0.15) is 38.8 Å². The molecule has 0 fully saturated rings. The van der Waals surface area contributed by atoms with Crippen LogP contribution < -0.4 is 14.8 Å². The maximum absolute atomic E-state index is 12.8. The third kappa shape index (κ3) is 3.85. The zero-order valence-electron chi connectivity index (χ0n) is 16.7. The van der Waals surface area contributed by atoms with Crippen LogP contribution in [0.25, 0.3) is 0 Å². The number of methoxy groups -OCH3 is 2. The molecule has 3 rings (SSSR count). The van der Waals surface area contributed by atoms with E-state index < -0.39 is 0 Å². The standard InChI is InChI=1S/C20H24N4O4/c1-12-9-13(2)24(22-12)11-16-14(3)28-23-18(16)20(25)21-10-15-7-6-8-17(26-4)19(15)27-5/h6-9H,10-11H2,1-5H3,(H,21,25). The second-order valence-electron chi connectivity index (χ2n) is 6.49. The number of rotatable bonds is 7. The molecule has 8 heteroatoms. The molecule has 2 aromatic heterocycles. The molecule has 0 radical (unpaired) electrons. The first-order valence-electron chi connectivity index (χ1n) is 8.88. The minimum Gasteiger partial charge on any atom is -0.493 e. The van der Waals surface area contributed by atoms with Crippen molar-refractivity contribution in [3.63, 3.8) is 0 Å². The second-order valence-corrected chi connectivity index (χ2v) is 6.49. The Kier molecular flexibility index (Phi) is 5.67. The summed E-state index contributed by atoms with van der Waals surface area (Å²) in [5.74, 6) is 1.47. The van der Waals surface area contributed by atoms with Crippen molar-refractivity contribution >= 4 is 5.91 Å². The molecule has 0 aliphatic carbocycles. The number of aryl methyl sites for hydroxylation is 3. The van der Waals surface area contributed by atoms with Gasteiger partial charge in [-0.05, 0) is 32.9 Å². The molecule has 2 heterocycles. The van der Waals surface area contributed by atoms with E-state index >= 15 is 0 Å². The normalized spacial score (nSPS) is 10.8. The minimum absolute atomic E-state index is 0.256. The number of amides is 1. The maximum Gasteiger partial charge on any atom is 0.274 e. The predicted molar refractivity (Wildman–Crippen MR) is 103 cm³/mol. The molecule has 3 aromatic rings. The first kappa shape index (κ1) is 19.5. The highest BCUT2D eigenvalue weighted by Crippen LogP contribution is 2.30. The summed E-state index contributed by atoms with van der Waals surface area (Å²) in [6.45, 7) is 6.37. The minimum atomic E-state index is -0.321. The summed E-state index contributed by atoms with van der Waals surface area (Å²) < 4.78 is 17.8. The molecule has 8 nitrogen and oxygen atoms in total. The molecular weight excluding hydrogens is 360 g/mol. The van der Waals surface area contributed by atoms with Gasteiger partial charge in [0.25, 0.3) is 5.91 Å². The van der Waals surface area contributed by atoms with Crippen molar-refractivity contribution in [2.24, 2.45) is 0 Å². The van der Waals surface area contributed by atoms with Crippen LogP contribution in [-0.2, 0) is 13.1 Å².